The first kappa shape index (κ1) is 22.2. The maximum atomic E-state index is 10.1. The van der Waals surface area contributed by atoms with Crippen LogP contribution in [0.25, 0.3) is 0 Å². The second kappa shape index (κ2) is 10.3. The van der Waals surface area contributed by atoms with Crippen LogP contribution in [0.5, 0.6) is 0 Å². The van der Waals surface area contributed by atoms with Crippen LogP contribution in [0.2, 0.25) is 0 Å². The summed E-state index contributed by atoms with van der Waals surface area (Å²) in [6.07, 6.45) is -2.76. The lowest BCUT2D eigenvalue weighted by Crippen LogP contribution is -2.64. The summed E-state index contributed by atoms with van der Waals surface area (Å²) in [4.78, 5) is 8.36. The van der Waals surface area contributed by atoms with Gasteiger partial charge in [-0.2, -0.15) is 0 Å². The number of aliphatic hydroxyl groups is 3. The van der Waals surface area contributed by atoms with Gasteiger partial charge in [-0.05, 0) is 19.3 Å². The summed E-state index contributed by atoms with van der Waals surface area (Å²) in [5.41, 5.74) is 23.5. The van der Waals surface area contributed by atoms with E-state index in [0.29, 0.717) is 19.3 Å². The fraction of sp³-hybridized carbons (Fsp3) is 0.929. The topological polar surface area (TPSA) is 221 Å². The Bertz CT molecular complexity index is 405. The number of rotatable bonds is 4. The van der Waals surface area contributed by atoms with Gasteiger partial charge in [-0.3, -0.25) is 4.79 Å². The van der Waals surface area contributed by atoms with Crippen molar-refractivity contribution >= 4 is 6.47 Å². The highest BCUT2D eigenvalue weighted by molar-refractivity contribution is 5.32. The third kappa shape index (κ3) is 5.81. The van der Waals surface area contributed by atoms with Crippen LogP contribution < -0.4 is 22.9 Å². The molecule has 1 saturated carbocycles. The van der Waals surface area contributed by atoms with Gasteiger partial charge >= 0.3 is 0 Å². The summed E-state index contributed by atoms with van der Waals surface area (Å²) in [5.74, 6) is 0. The molecular formula is C14H30N4O7. The highest BCUT2D eigenvalue weighted by Gasteiger charge is 2.44. The summed E-state index contributed by atoms with van der Waals surface area (Å²) in [5, 5.41) is 36.0. The summed E-state index contributed by atoms with van der Waals surface area (Å²) in [6.45, 7) is -0.453. The van der Waals surface area contributed by atoms with E-state index in [-0.39, 0.29) is 19.2 Å². The van der Waals surface area contributed by atoms with E-state index in [1.165, 1.54) is 0 Å². The lowest BCUT2D eigenvalue weighted by atomic mass is 9.84. The molecule has 11 nitrogen and oxygen atoms in total. The van der Waals surface area contributed by atoms with Crippen molar-refractivity contribution < 1.29 is 34.7 Å². The Morgan fingerprint density at radius 2 is 1.72 bits per heavy atom. The Balaban J connectivity index is 0.000000970. The zero-order chi connectivity index (χ0) is 19.1. The summed E-state index contributed by atoms with van der Waals surface area (Å²) < 4.78 is 11.4. The van der Waals surface area contributed by atoms with E-state index < -0.39 is 48.8 Å². The molecule has 1 saturated heterocycles. The van der Waals surface area contributed by atoms with Gasteiger partial charge < -0.3 is 52.8 Å². The Hall–Kier alpha value is -0.890. The van der Waals surface area contributed by atoms with Crippen molar-refractivity contribution in [3.05, 3.63) is 0 Å². The van der Waals surface area contributed by atoms with Crippen LogP contribution in [0, 0.1) is 0 Å². The molecule has 25 heavy (non-hydrogen) atoms. The Kier molecular flexibility index (Phi) is 9.13. The third-order valence-electron chi connectivity index (χ3n) is 4.51. The average molecular weight is 366 g/mol. The average Bonchev–Trinajstić information content (AvgIpc) is 2.58. The Morgan fingerprint density at radius 3 is 2.28 bits per heavy atom. The van der Waals surface area contributed by atoms with Crippen molar-refractivity contribution in [2.24, 2.45) is 22.9 Å². The van der Waals surface area contributed by atoms with E-state index in [1.54, 1.807) is 0 Å². The first-order chi connectivity index (χ1) is 11.8. The molecule has 0 aromatic heterocycles. The molecule has 0 amide bonds. The van der Waals surface area contributed by atoms with Gasteiger partial charge in [0.25, 0.3) is 6.47 Å². The molecule has 12 N–H and O–H groups in total. The molecule has 2 fully saturated rings. The molecule has 1 unspecified atom stereocenters. The highest BCUT2D eigenvalue weighted by atomic mass is 16.7. The number of ether oxygens (including phenoxy) is 2. The van der Waals surface area contributed by atoms with Gasteiger partial charge in [0.15, 0.2) is 6.29 Å². The number of hydrogen-bond acceptors (Lipinski definition) is 10. The second-order valence-corrected chi connectivity index (χ2v) is 6.38. The summed E-state index contributed by atoms with van der Waals surface area (Å²) in [7, 11) is 0. The largest absolute Gasteiger partial charge is 0.483 e. The molecule has 1 aliphatic heterocycles. The first-order valence-corrected chi connectivity index (χ1v) is 8.14. The van der Waals surface area contributed by atoms with Crippen molar-refractivity contribution in [2.45, 2.75) is 74.1 Å². The zero-order valence-electron chi connectivity index (χ0n) is 13.9. The van der Waals surface area contributed by atoms with Crippen LogP contribution in [0.3, 0.4) is 0 Å². The molecule has 11 heteroatoms. The standard InChI is InChI=1S/C13H28N4O5.CH2O2/c14-5-1-2-9(8(17)4-18)21-13(5)22-12-7(16)3-6(15)10(19)11(12)20;2-1-3/h5-13,18-20H,1-4,14-17H2;1H,(H,2,3)/t5?,6-,7+,8-,9+,10+,11-,12-,13-;/m1./s1. The molecule has 1 heterocycles. The molecule has 0 aromatic rings. The third-order valence-corrected chi connectivity index (χ3v) is 4.51. The van der Waals surface area contributed by atoms with E-state index in [0.717, 1.165) is 0 Å². The van der Waals surface area contributed by atoms with Crippen LogP contribution in [-0.2, 0) is 14.3 Å². The lowest BCUT2D eigenvalue weighted by Gasteiger charge is -2.44. The van der Waals surface area contributed by atoms with Crippen LogP contribution >= 0.6 is 0 Å². The minimum absolute atomic E-state index is 0.203. The van der Waals surface area contributed by atoms with Gasteiger partial charge in [-0.1, -0.05) is 0 Å². The predicted octanol–water partition coefficient (Wildman–Crippen LogP) is -4.00. The number of carboxylic acid groups (broad SMARTS) is 1. The minimum Gasteiger partial charge on any atom is -0.483 e. The van der Waals surface area contributed by atoms with E-state index in [1.807, 2.05) is 0 Å². The number of hydrogen-bond donors (Lipinski definition) is 8. The second-order valence-electron chi connectivity index (χ2n) is 6.38. The molecule has 9 atom stereocenters. The zero-order valence-corrected chi connectivity index (χ0v) is 13.9. The van der Waals surface area contributed by atoms with Crippen molar-refractivity contribution in [2.75, 3.05) is 6.61 Å². The molecule has 1 aliphatic carbocycles. The fourth-order valence-corrected chi connectivity index (χ4v) is 3.02. The van der Waals surface area contributed by atoms with Gasteiger partial charge in [0.05, 0.1) is 30.9 Å². The van der Waals surface area contributed by atoms with E-state index in [4.69, 9.17) is 47.4 Å². The molecular weight excluding hydrogens is 336 g/mol. The Morgan fingerprint density at radius 1 is 1.12 bits per heavy atom. The number of carbonyl (C=O) groups is 1. The van der Waals surface area contributed by atoms with Gasteiger partial charge in [-0.25, -0.2) is 0 Å². The van der Waals surface area contributed by atoms with Crippen LogP contribution in [-0.4, -0.2) is 88.4 Å². The molecule has 2 aliphatic rings. The SMILES string of the molecule is NC1CC[C@@H]([C@H](N)CO)O[C@@H]1O[C@H]1[C@H](O)[C@@H](O)[C@H](N)C[C@@H]1N.O=CO. The maximum absolute atomic E-state index is 10.1. The maximum Gasteiger partial charge on any atom is 0.290 e. The lowest BCUT2D eigenvalue weighted by molar-refractivity contribution is -0.256. The molecule has 148 valence electrons. The van der Waals surface area contributed by atoms with Gasteiger partial charge in [0.2, 0.25) is 0 Å². The summed E-state index contributed by atoms with van der Waals surface area (Å²) >= 11 is 0. The minimum atomic E-state index is -1.21. The molecule has 0 radical (unpaired) electrons. The number of aliphatic hydroxyl groups excluding tert-OH is 3. The first-order valence-electron chi connectivity index (χ1n) is 8.14. The van der Waals surface area contributed by atoms with Crippen molar-refractivity contribution in [1.29, 1.82) is 0 Å². The van der Waals surface area contributed by atoms with Crippen molar-refractivity contribution in [1.82, 2.24) is 0 Å². The van der Waals surface area contributed by atoms with Crippen molar-refractivity contribution in [3.63, 3.8) is 0 Å². The highest BCUT2D eigenvalue weighted by Crippen LogP contribution is 2.27. The van der Waals surface area contributed by atoms with Gasteiger partial charge in [0.1, 0.15) is 12.2 Å². The normalized spacial score (nSPS) is 42.8. The fourth-order valence-electron chi connectivity index (χ4n) is 3.02. The monoisotopic (exact) mass is 366 g/mol. The number of nitrogens with two attached hydrogens (primary N) is 4. The van der Waals surface area contributed by atoms with Crippen LogP contribution in [0.15, 0.2) is 0 Å². The molecule has 0 spiro atoms. The predicted molar refractivity (Wildman–Crippen MR) is 87.1 cm³/mol. The molecule has 0 aromatic carbocycles. The van der Waals surface area contributed by atoms with Crippen LogP contribution in [0.1, 0.15) is 19.3 Å². The van der Waals surface area contributed by atoms with Gasteiger partial charge in [0, 0.05) is 12.1 Å². The van der Waals surface area contributed by atoms with E-state index in [2.05, 4.69) is 0 Å². The Labute approximate surface area is 145 Å². The quantitative estimate of drug-likeness (QED) is 0.224. The molecule has 2 rings (SSSR count). The van der Waals surface area contributed by atoms with Crippen molar-refractivity contribution in [3.8, 4) is 0 Å². The van der Waals surface area contributed by atoms with Gasteiger partial charge in [-0.15, -0.1) is 0 Å². The van der Waals surface area contributed by atoms with E-state index in [9.17, 15) is 10.2 Å². The molecule has 0 bridgehead atoms. The smallest absolute Gasteiger partial charge is 0.290 e. The summed E-state index contributed by atoms with van der Waals surface area (Å²) in [6, 6.07) is -2.05. The van der Waals surface area contributed by atoms with E-state index >= 15 is 0 Å². The van der Waals surface area contributed by atoms with Crippen LogP contribution in [0.4, 0.5) is 0 Å².